The number of aryl methyl sites for hydroxylation is 1. The molecule has 6 nitrogen and oxygen atoms in total. The minimum atomic E-state index is -0.357. The number of anilines is 1. The summed E-state index contributed by atoms with van der Waals surface area (Å²) in [4.78, 5) is 27.8. The van der Waals surface area contributed by atoms with Crippen LogP contribution < -0.4 is 10.1 Å². The average Bonchev–Trinajstić information content (AvgIpc) is 3.16. The summed E-state index contributed by atoms with van der Waals surface area (Å²) < 4.78 is 10.8. The number of hydrogen-bond donors (Lipinski definition) is 1. The lowest BCUT2D eigenvalue weighted by atomic mass is 10.0. The van der Waals surface area contributed by atoms with Crippen LogP contribution >= 0.6 is 11.3 Å². The van der Waals surface area contributed by atoms with Gasteiger partial charge >= 0.3 is 5.97 Å². The van der Waals surface area contributed by atoms with Gasteiger partial charge in [0.25, 0.3) is 0 Å². The highest BCUT2D eigenvalue weighted by atomic mass is 32.1. The molecule has 7 heteroatoms. The first kappa shape index (κ1) is 18.1. The number of ether oxygens (including phenoxy) is 2. The van der Waals surface area contributed by atoms with Crippen LogP contribution in [0.2, 0.25) is 0 Å². The minimum absolute atomic E-state index is 0.0425. The summed E-state index contributed by atoms with van der Waals surface area (Å²) in [6.07, 6.45) is 7.59. The van der Waals surface area contributed by atoms with Crippen molar-refractivity contribution in [2.24, 2.45) is 0 Å². The highest BCUT2D eigenvalue weighted by molar-refractivity contribution is 7.10. The smallest absolute Gasteiger partial charge is 0.330 e. The van der Waals surface area contributed by atoms with E-state index in [0.29, 0.717) is 19.6 Å². The van der Waals surface area contributed by atoms with Gasteiger partial charge in [0.05, 0.1) is 18.7 Å². The number of unbranched alkanes of at least 4 members (excludes halogenated alkanes) is 1. The highest BCUT2D eigenvalue weighted by Gasteiger charge is 2.14. The molecule has 26 heavy (non-hydrogen) atoms. The molecule has 1 aromatic heterocycles. The fraction of sp³-hybridized carbons (Fsp3) is 0.316. The number of thiazole rings is 1. The van der Waals surface area contributed by atoms with Gasteiger partial charge in [-0.25, -0.2) is 4.79 Å². The van der Waals surface area contributed by atoms with Crippen molar-refractivity contribution in [1.29, 1.82) is 0 Å². The molecule has 1 aliphatic heterocycles. The molecule has 0 radical (unpaired) electrons. The Morgan fingerprint density at radius 1 is 1.27 bits per heavy atom. The number of carbonyl (C=O) groups is 2. The molecule has 1 aliphatic rings. The molecule has 1 aromatic carbocycles. The standard InChI is InChI=1S/C19H20N2O4S/c22-18-7-4-14-3-5-15(11-17(14)21-18)24-9-1-2-10-25-19(23)8-6-16-12-20-13-26-16/h3,5-6,8,11-13H,1-2,4,7,9-10H2,(H,21,22)/b8-6+. The third-order valence-electron chi connectivity index (χ3n) is 3.86. The van der Waals surface area contributed by atoms with Gasteiger partial charge in [0.1, 0.15) is 5.75 Å². The zero-order valence-corrected chi connectivity index (χ0v) is 15.1. The Morgan fingerprint density at radius 3 is 3.00 bits per heavy atom. The van der Waals surface area contributed by atoms with E-state index in [-0.39, 0.29) is 11.9 Å². The lowest BCUT2D eigenvalue weighted by Crippen LogP contribution is -2.18. The first-order chi connectivity index (χ1) is 12.7. The molecule has 136 valence electrons. The SMILES string of the molecule is O=C1CCc2ccc(OCCCCOC(=O)/C=C/c3cncs3)cc2N1. The Bertz CT molecular complexity index is 787. The summed E-state index contributed by atoms with van der Waals surface area (Å²) in [7, 11) is 0. The quantitative estimate of drug-likeness (QED) is 0.436. The molecule has 0 saturated carbocycles. The first-order valence-corrected chi connectivity index (χ1v) is 9.37. The van der Waals surface area contributed by atoms with Crippen LogP contribution in [0.25, 0.3) is 6.08 Å². The predicted octanol–water partition coefficient (Wildman–Crippen LogP) is 3.44. The molecule has 0 atom stereocenters. The molecule has 2 heterocycles. The molecule has 1 N–H and O–H groups in total. The molecule has 3 rings (SSSR count). The first-order valence-electron chi connectivity index (χ1n) is 8.49. The van der Waals surface area contributed by atoms with E-state index < -0.39 is 0 Å². The molecular formula is C19H20N2O4S. The van der Waals surface area contributed by atoms with Crippen molar-refractivity contribution < 1.29 is 19.1 Å². The third kappa shape index (κ3) is 5.42. The van der Waals surface area contributed by atoms with Gasteiger partial charge in [-0.05, 0) is 37.0 Å². The van der Waals surface area contributed by atoms with Crippen LogP contribution in [0, 0.1) is 0 Å². The predicted molar refractivity (Wildman–Crippen MR) is 100 cm³/mol. The third-order valence-corrected chi connectivity index (χ3v) is 4.60. The maximum Gasteiger partial charge on any atom is 0.330 e. The molecule has 0 aliphatic carbocycles. The van der Waals surface area contributed by atoms with Gasteiger partial charge in [-0.15, -0.1) is 11.3 Å². The van der Waals surface area contributed by atoms with Crippen molar-refractivity contribution in [3.63, 3.8) is 0 Å². The normalized spacial score (nSPS) is 13.3. The Morgan fingerprint density at radius 2 is 2.15 bits per heavy atom. The highest BCUT2D eigenvalue weighted by Crippen LogP contribution is 2.27. The van der Waals surface area contributed by atoms with Crippen LogP contribution in [0.1, 0.15) is 29.7 Å². The van der Waals surface area contributed by atoms with E-state index >= 15 is 0 Å². The molecule has 0 unspecified atom stereocenters. The van der Waals surface area contributed by atoms with E-state index in [0.717, 1.165) is 41.1 Å². The van der Waals surface area contributed by atoms with Gasteiger partial charge in [-0.1, -0.05) is 6.07 Å². The van der Waals surface area contributed by atoms with Crippen molar-refractivity contribution in [1.82, 2.24) is 4.98 Å². The number of nitrogens with zero attached hydrogens (tertiary/aromatic N) is 1. The monoisotopic (exact) mass is 372 g/mol. The molecule has 1 amide bonds. The Balaban J connectivity index is 1.31. The van der Waals surface area contributed by atoms with E-state index in [1.165, 1.54) is 17.4 Å². The van der Waals surface area contributed by atoms with Crippen LogP contribution in [0.15, 0.2) is 36.0 Å². The number of nitrogens with one attached hydrogen (secondary N) is 1. The number of benzene rings is 1. The second kappa shape index (κ2) is 9.15. The second-order valence-corrected chi connectivity index (χ2v) is 6.75. The van der Waals surface area contributed by atoms with Gasteiger partial charge in [0, 0.05) is 35.3 Å². The van der Waals surface area contributed by atoms with Crippen LogP contribution in [0.3, 0.4) is 0 Å². The van der Waals surface area contributed by atoms with E-state index in [4.69, 9.17) is 9.47 Å². The van der Waals surface area contributed by atoms with Gasteiger partial charge in [0.2, 0.25) is 5.91 Å². The Kier molecular flexibility index (Phi) is 6.38. The molecule has 0 bridgehead atoms. The van der Waals surface area contributed by atoms with Gasteiger partial charge in [-0.3, -0.25) is 9.78 Å². The van der Waals surface area contributed by atoms with Crippen LogP contribution in [-0.4, -0.2) is 30.1 Å². The number of hydrogen-bond acceptors (Lipinski definition) is 6. The number of carbonyl (C=O) groups excluding carboxylic acids is 2. The summed E-state index contributed by atoms with van der Waals surface area (Å²) in [6, 6.07) is 5.76. The largest absolute Gasteiger partial charge is 0.494 e. The number of aromatic nitrogens is 1. The van der Waals surface area contributed by atoms with E-state index in [2.05, 4.69) is 10.3 Å². The second-order valence-electron chi connectivity index (χ2n) is 5.83. The van der Waals surface area contributed by atoms with E-state index in [1.54, 1.807) is 17.8 Å². The summed E-state index contributed by atoms with van der Waals surface area (Å²) in [5, 5.41) is 2.86. The van der Waals surface area contributed by atoms with Crippen molar-refractivity contribution >= 4 is 35.0 Å². The number of fused-ring (bicyclic) bond motifs is 1. The number of rotatable bonds is 8. The van der Waals surface area contributed by atoms with Crippen molar-refractivity contribution in [2.45, 2.75) is 25.7 Å². The summed E-state index contributed by atoms with van der Waals surface area (Å²) in [5.41, 5.74) is 3.68. The van der Waals surface area contributed by atoms with Crippen molar-refractivity contribution in [3.05, 3.63) is 46.4 Å². The van der Waals surface area contributed by atoms with Crippen LogP contribution in [-0.2, 0) is 20.7 Å². The minimum Gasteiger partial charge on any atom is -0.494 e. The van der Waals surface area contributed by atoms with E-state index in [9.17, 15) is 9.59 Å². The molecule has 0 spiro atoms. The Hall–Kier alpha value is -2.67. The van der Waals surface area contributed by atoms with E-state index in [1.807, 2.05) is 18.2 Å². The van der Waals surface area contributed by atoms with Gasteiger partial charge in [0.15, 0.2) is 0 Å². The van der Waals surface area contributed by atoms with Crippen LogP contribution in [0.4, 0.5) is 5.69 Å². The molecular weight excluding hydrogens is 352 g/mol. The van der Waals surface area contributed by atoms with Gasteiger partial charge < -0.3 is 14.8 Å². The summed E-state index contributed by atoms with van der Waals surface area (Å²) >= 11 is 1.46. The summed E-state index contributed by atoms with van der Waals surface area (Å²) in [6.45, 7) is 0.885. The average molecular weight is 372 g/mol. The maximum absolute atomic E-state index is 11.6. The zero-order valence-electron chi connectivity index (χ0n) is 14.3. The maximum atomic E-state index is 11.6. The molecule has 0 fully saturated rings. The Labute approximate surface area is 155 Å². The molecule has 0 saturated heterocycles. The lowest BCUT2D eigenvalue weighted by Gasteiger charge is -2.17. The summed E-state index contributed by atoms with van der Waals surface area (Å²) in [5.74, 6) is 0.418. The van der Waals surface area contributed by atoms with Gasteiger partial charge in [-0.2, -0.15) is 0 Å². The zero-order chi connectivity index (χ0) is 18.2. The number of esters is 1. The topological polar surface area (TPSA) is 77.5 Å². The lowest BCUT2D eigenvalue weighted by molar-refractivity contribution is -0.137. The number of amides is 1. The fourth-order valence-electron chi connectivity index (χ4n) is 2.51. The van der Waals surface area contributed by atoms with Crippen molar-refractivity contribution in [3.8, 4) is 5.75 Å². The molecule has 2 aromatic rings. The van der Waals surface area contributed by atoms with Crippen LogP contribution in [0.5, 0.6) is 5.75 Å². The fourth-order valence-corrected chi connectivity index (χ4v) is 3.03. The van der Waals surface area contributed by atoms with Crippen molar-refractivity contribution in [2.75, 3.05) is 18.5 Å².